The summed E-state index contributed by atoms with van der Waals surface area (Å²) in [6.07, 6.45) is -0.172. The van der Waals surface area contributed by atoms with E-state index < -0.39 is 5.78 Å². The van der Waals surface area contributed by atoms with Crippen LogP contribution in [0.25, 0.3) is 0 Å². The van der Waals surface area contributed by atoms with Crippen molar-refractivity contribution in [3.63, 3.8) is 0 Å². The Bertz CT molecular complexity index is 819. The number of ketones is 3. The molecule has 0 amide bonds. The molecule has 0 saturated carbocycles. The molecule has 0 unspecified atom stereocenters. The molecule has 108 valence electrons. The summed E-state index contributed by atoms with van der Waals surface area (Å²) >= 11 is 0. The van der Waals surface area contributed by atoms with Gasteiger partial charge in [0.1, 0.15) is 0 Å². The van der Waals surface area contributed by atoms with Crippen molar-refractivity contribution in [2.24, 2.45) is 5.73 Å². The minimum absolute atomic E-state index is 0.0811. The van der Waals surface area contributed by atoms with E-state index in [2.05, 4.69) is 0 Å². The third kappa shape index (κ3) is 2.24. The van der Waals surface area contributed by atoms with Crippen LogP contribution in [0, 0.1) is 0 Å². The molecule has 2 aromatic carbocycles. The van der Waals surface area contributed by atoms with Crippen molar-refractivity contribution in [2.75, 3.05) is 0 Å². The normalized spacial score (nSPS) is 14.0. The van der Waals surface area contributed by atoms with Gasteiger partial charge in [-0.3, -0.25) is 14.4 Å². The van der Waals surface area contributed by atoms with E-state index >= 15 is 0 Å². The van der Waals surface area contributed by atoms with Gasteiger partial charge in [-0.1, -0.05) is 54.6 Å². The summed E-state index contributed by atoms with van der Waals surface area (Å²) in [6.45, 7) is 0. The van der Waals surface area contributed by atoms with Gasteiger partial charge in [-0.05, 0) is 0 Å². The Kier molecular flexibility index (Phi) is 3.43. The summed E-state index contributed by atoms with van der Waals surface area (Å²) in [5.74, 6) is -0.984. The first-order chi connectivity index (χ1) is 10.6. The van der Waals surface area contributed by atoms with Crippen LogP contribution in [0.3, 0.4) is 0 Å². The Morgan fingerprint density at radius 2 is 1.36 bits per heavy atom. The van der Waals surface area contributed by atoms with Crippen LogP contribution in [0.2, 0.25) is 0 Å². The molecule has 2 N–H and O–H groups in total. The molecule has 1 aliphatic rings. The number of Topliss-reactive ketones (excluding diaryl/α,β-unsaturated/α-hetero) is 3. The van der Waals surface area contributed by atoms with Gasteiger partial charge in [0.25, 0.3) is 0 Å². The Morgan fingerprint density at radius 3 is 2.00 bits per heavy atom. The molecule has 4 heteroatoms. The van der Waals surface area contributed by atoms with Gasteiger partial charge in [-0.2, -0.15) is 0 Å². The number of hydrogen-bond acceptors (Lipinski definition) is 4. The Hall–Kier alpha value is -3.01. The zero-order valence-corrected chi connectivity index (χ0v) is 11.7. The van der Waals surface area contributed by atoms with Crippen molar-refractivity contribution in [3.05, 3.63) is 82.6 Å². The molecule has 0 spiro atoms. The molecule has 0 atom stereocenters. The predicted molar refractivity (Wildman–Crippen MR) is 81.7 cm³/mol. The van der Waals surface area contributed by atoms with E-state index in [-0.39, 0.29) is 29.3 Å². The summed E-state index contributed by atoms with van der Waals surface area (Å²) in [4.78, 5) is 37.0. The highest BCUT2D eigenvalue weighted by atomic mass is 16.1. The van der Waals surface area contributed by atoms with Crippen molar-refractivity contribution in [2.45, 2.75) is 6.42 Å². The largest absolute Gasteiger partial charge is 0.395 e. The number of fused-ring (bicyclic) bond motifs is 1. The van der Waals surface area contributed by atoms with Crippen LogP contribution in [-0.2, 0) is 0 Å². The average Bonchev–Trinajstić information content (AvgIpc) is 2.57. The lowest BCUT2D eigenvalue weighted by molar-refractivity contribution is 0.0942. The van der Waals surface area contributed by atoms with Crippen LogP contribution in [0.1, 0.15) is 37.5 Å². The van der Waals surface area contributed by atoms with Crippen molar-refractivity contribution >= 4 is 17.3 Å². The molecule has 0 radical (unpaired) electrons. The zero-order valence-electron chi connectivity index (χ0n) is 11.7. The monoisotopic (exact) mass is 291 g/mol. The minimum Gasteiger partial charge on any atom is -0.395 e. The molecule has 0 fully saturated rings. The van der Waals surface area contributed by atoms with E-state index in [1.807, 2.05) is 0 Å². The molecular formula is C18H13NO3. The van der Waals surface area contributed by atoms with Crippen LogP contribution in [0.5, 0.6) is 0 Å². The van der Waals surface area contributed by atoms with E-state index in [0.29, 0.717) is 16.7 Å². The maximum absolute atomic E-state index is 12.5. The van der Waals surface area contributed by atoms with Gasteiger partial charge in [-0.15, -0.1) is 0 Å². The number of rotatable bonds is 3. The van der Waals surface area contributed by atoms with Gasteiger partial charge >= 0.3 is 0 Å². The van der Waals surface area contributed by atoms with E-state index in [4.69, 9.17) is 5.73 Å². The van der Waals surface area contributed by atoms with E-state index in [1.54, 1.807) is 54.6 Å². The fourth-order valence-electron chi connectivity index (χ4n) is 2.51. The van der Waals surface area contributed by atoms with Crippen LogP contribution in [-0.4, -0.2) is 17.3 Å². The molecule has 3 rings (SSSR count). The Labute approximate surface area is 127 Å². The second kappa shape index (κ2) is 5.41. The molecule has 0 aromatic heterocycles. The van der Waals surface area contributed by atoms with Gasteiger partial charge in [0.2, 0.25) is 5.78 Å². The average molecular weight is 291 g/mol. The summed E-state index contributed by atoms with van der Waals surface area (Å²) in [5.41, 5.74) is 6.84. The van der Waals surface area contributed by atoms with Crippen molar-refractivity contribution in [1.82, 2.24) is 0 Å². The molecule has 0 aliphatic heterocycles. The van der Waals surface area contributed by atoms with Gasteiger partial charge in [0.15, 0.2) is 11.6 Å². The lowest BCUT2D eigenvalue weighted by Gasteiger charge is -2.18. The van der Waals surface area contributed by atoms with Crippen molar-refractivity contribution in [1.29, 1.82) is 0 Å². The number of hydrogen-bond donors (Lipinski definition) is 1. The molecule has 2 aromatic rings. The van der Waals surface area contributed by atoms with Crippen LogP contribution in [0.15, 0.2) is 65.9 Å². The summed E-state index contributed by atoms with van der Waals surface area (Å²) < 4.78 is 0. The first kappa shape index (κ1) is 13.9. The number of allylic oxidation sites excluding steroid dienone is 2. The van der Waals surface area contributed by atoms with Gasteiger partial charge < -0.3 is 5.73 Å². The highest BCUT2D eigenvalue weighted by Crippen LogP contribution is 2.26. The summed E-state index contributed by atoms with van der Waals surface area (Å²) in [7, 11) is 0. The van der Waals surface area contributed by atoms with E-state index in [1.165, 1.54) is 0 Å². The smallest absolute Gasteiger partial charge is 0.209 e. The number of nitrogens with two attached hydrogens (primary N) is 1. The fraction of sp³-hybridized carbons (Fsp3) is 0.0556. The lowest BCUT2D eigenvalue weighted by atomic mass is 9.84. The van der Waals surface area contributed by atoms with Crippen molar-refractivity contribution in [3.8, 4) is 0 Å². The standard InChI is InChI=1S/C18H13NO3/c19-16-14(10-15(20)11-6-2-1-3-7-11)17(21)12-8-4-5-9-13(12)18(16)22/h1-9H,10,19H2. The van der Waals surface area contributed by atoms with Gasteiger partial charge in [0.05, 0.1) is 5.70 Å². The summed E-state index contributed by atoms with van der Waals surface area (Å²) in [5, 5.41) is 0. The van der Waals surface area contributed by atoms with E-state index in [0.717, 1.165) is 0 Å². The highest BCUT2D eigenvalue weighted by molar-refractivity contribution is 6.27. The number of carbonyl (C=O) groups excluding carboxylic acids is 3. The minimum atomic E-state index is -0.397. The molecule has 22 heavy (non-hydrogen) atoms. The highest BCUT2D eigenvalue weighted by Gasteiger charge is 2.31. The molecule has 1 aliphatic carbocycles. The van der Waals surface area contributed by atoms with Gasteiger partial charge in [-0.25, -0.2) is 0 Å². The quantitative estimate of drug-likeness (QED) is 0.882. The number of benzene rings is 2. The molecular weight excluding hydrogens is 278 g/mol. The van der Waals surface area contributed by atoms with Crippen LogP contribution >= 0.6 is 0 Å². The maximum Gasteiger partial charge on any atom is 0.209 e. The van der Waals surface area contributed by atoms with Crippen LogP contribution < -0.4 is 5.73 Å². The van der Waals surface area contributed by atoms with Gasteiger partial charge in [0, 0.05) is 28.7 Å². The first-order valence-electron chi connectivity index (χ1n) is 6.85. The molecule has 4 nitrogen and oxygen atoms in total. The Balaban J connectivity index is 1.98. The Morgan fingerprint density at radius 1 is 0.818 bits per heavy atom. The third-order valence-corrected chi connectivity index (χ3v) is 3.69. The van der Waals surface area contributed by atoms with E-state index in [9.17, 15) is 14.4 Å². The second-order valence-corrected chi connectivity index (χ2v) is 5.06. The zero-order chi connectivity index (χ0) is 15.7. The first-order valence-corrected chi connectivity index (χ1v) is 6.85. The maximum atomic E-state index is 12.5. The predicted octanol–water partition coefficient (Wildman–Crippen LogP) is 2.55. The lowest BCUT2D eigenvalue weighted by Crippen LogP contribution is -2.27. The summed E-state index contributed by atoms with van der Waals surface area (Å²) in [6, 6.07) is 15.1. The third-order valence-electron chi connectivity index (χ3n) is 3.69. The van der Waals surface area contributed by atoms with Crippen LogP contribution in [0.4, 0.5) is 0 Å². The molecule has 0 saturated heterocycles. The molecule has 0 bridgehead atoms. The second-order valence-electron chi connectivity index (χ2n) is 5.06. The SMILES string of the molecule is NC1=C(CC(=O)c2ccccc2)C(=O)c2ccccc2C1=O. The van der Waals surface area contributed by atoms with Crippen molar-refractivity contribution < 1.29 is 14.4 Å². The topological polar surface area (TPSA) is 77.2 Å². The fourth-order valence-corrected chi connectivity index (χ4v) is 2.51. The number of carbonyl (C=O) groups is 3. The molecule has 0 heterocycles.